The van der Waals surface area contributed by atoms with E-state index in [4.69, 9.17) is 4.74 Å². The molecule has 5 heteroatoms. The van der Waals surface area contributed by atoms with Crippen molar-refractivity contribution in [3.63, 3.8) is 0 Å². The van der Waals surface area contributed by atoms with Crippen LogP contribution in [0.15, 0.2) is 48.1 Å². The fourth-order valence-corrected chi connectivity index (χ4v) is 3.00. The van der Waals surface area contributed by atoms with Gasteiger partial charge >= 0.3 is 11.9 Å². The topological polar surface area (TPSA) is 69.7 Å². The predicted octanol–water partition coefficient (Wildman–Crippen LogP) is 4.78. The summed E-state index contributed by atoms with van der Waals surface area (Å²) >= 11 is 0. The first-order valence-corrected chi connectivity index (χ1v) is 9.97. The summed E-state index contributed by atoms with van der Waals surface area (Å²) in [6.45, 7) is 3.51. The van der Waals surface area contributed by atoms with Gasteiger partial charge in [0.05, 0.1) is 7.11 Å². The van der Waals surface area contributed by atoms with E-state index in [2.05, 4.69) is 17.7 Å². The van der Waals surface area contributed by atoms with Crippen LogP contribution in [0.1, 0.15) is 65.2 Å². The van der Waals surface area contributed by atoms with Gasteiger partial charge in [-0.05, 0) is 37.8 Å². The molecule has 1 aliphatic carbocycles. The molecule has 0 unspecified atom stereocenters. The van der Waals surface area contributed by atoms with Crippen molar-refractivity contribution in [1.82, 2.24) is 0 Å². The molecule has 0 saturated carbocycles. The second-order valence-corrected chi connectivity index (χ2v) is 6.83. The van der Waals surface area contributed by atoms with E-state index in [0.29, 0.717) is 31.3 Å². The van der Waals surface area contributed by atoms with Gasteiger partial charge in [-0.15, -0.1) is 0 Å². The maximum absolute atomic E-state index is 12.3. The Morgan fingerprint density at radius 3 is 2.54 bits per heavy atom. The molecule has 1 rings (SSSR count). The second kappa shape index (κ2) is 12.9. The molecule has 0 saturated heterocycles. The van der Waals surface area contributed by atoms with Crippen LogP contribution in [-0.4, -0.2) is 30.4 Å². The van der Waals surface area contributed by atoms with Crippen LogP contribution < -0.4 is 0 Å². The minimum absolute atomic E-state index is 0.153. The maximum atomic E-state index is 12.3. The number of hydrogen-bond donors (Lipinski definition) is 0. The SMILES string of the molecule is CCCCCC=CC[C@]1(OC(C)=O)C=CC(=O)/C1=C/C=C/CCCC(=O)OC. The van der Waals surface area contributed by atoms with Crippen LogP contribution in [0.5, 0.6) is 0 Å². The minimum Gasteiger partial charge on any atom is -0.469 e. The van der Waals surface area contributed by atoms with Gasteiger partial charge in [0.15, 0.2) is 11.4 Å². The molecule has 0 spiro atoms. The van der Waals surface area contributed by atoms with Crippen LogP contribution in [0.25, 0.3) is 0 Å². The number of ether oxygens (including phenoxy) is 2. The number of ketones is 1. The first-order valence-electron chi connectivity index (χ1n) is 9.97. The molecule has 0 amide bonds. The van der Waals surface area contributed by atoms with Crippen molar-refractivity contribution in [3.05, 3.63) is 48.1 Å². The first-order chi connectivity index (χ1) is 13.4. The van der Waals surface area contributed by atoms with E-state index in [1.807, 2.05) is 12.2 Å². The summed E-state index contributed by atoms with van der Waals surface area (Å²) in [5.41, 5.74) is -0.592. The standard InChI is InChI=1S/C23H32O5/c1-4-5-6-7-10-13-17-23(28-19(2)24)18-16-21(25)20(23)14-11-8-9-12-15-22(26)27-3/h8,10-11,13-14,16,18H,4-7,9,12,15,17H2,1-3H3/b11-8+,13-10?,20-14-/t23-/m0/s1. The zero-order chi connectivity index (χ0) is 20.8. The number of methoxy groups -OCH3 is 1. The van der Waals surface area contributed by atoms with Crippen LogP contribution in [-0.2, 0) is 23.9 Å². The number of esters is 2. The van der Waals surface area contributed by atoms with Crippen molar-refractivity contribution in [1.29, 1.82) is 0 Å². The first kappa shape index (κ1) is 23.6. The summed E-state index contributed by atoms with van der Waals surface area (Å²) < 4.78 is 10.2. The Hall–Kier alpha value is -2.43. The van der Waals surface area contributed by atoms with E-state index in [1.165, 1.54) is 33.0 Å². The molecule has 0 aromatic rings. The van der Waals surface area contributed by atoms with Crippen molar-refractivity contribution in [2.24, 2.45) is 0 Å². The lowest BCUT2D eigenvalue weighted by Gasteiger charge is -2.27. The lowest BCUT2D eigenvalue weighted by Crippen LogP contribution is -2.33. The Balaban J connectivity index is 2.79. The third-order valence-electron chi connectivity index (χ3n) is 4.49. The van der Waals surface area contributed by atoms with Crippen molar-refractivity contribution in [2.45, 2.75) is 70.8 Å². The maximum Gasteiger partial charge on any atom is 0.305 e. The van der Waals surface area contributed by atoms with Crippen LogP contribution in [0.3, 0.4) is 0 Å². The van der Waals surface area contributed by atoms with Gasteiger partial charge in [0, 0.05) is 25.3 Å². The fraction of sp³-hybridized carbons (Fsp3) is 0.522. The molecule has 5 nitrogen and oxygen atoms in total. The van der Waals surface area contributed by atoms with Gasteiger partial charge in [-0.2, -0.15) is 0 Å². The van der Waals surface area contributed by atoms with Gasteiger partial charge in [-0.1, -0.05) is 50.1 Å². The van der Waals surface area contributed by atoms with E-state index in [1.54, 1.807) is 18.2 Å². The van der Waals surface area contributed by atoms with Gasteiger partial charge in [-0.25, -0.2) is 0 Å². The highest BCUT2D eigenvalue weighted by Crippen LogP contribution is 2.34. The average molecular weight is 389 g/mol. The molecular formula is C23H32O5. The largest absolute Gasteiger partial charge is 0.469 e. The van der Waals surface area contributed by atoms with Gasteiger partial charge in [0.25, 0.3) is 0 Å². The minimum atomic E-state index is -1.04. The summed E-state index contributed by atoms with van der Waals surface area (Å²) in [4.78, 5) is 35.1. The molecule has 154 valence electrons. The lowest BCUT2D eigenvalue weighted by molar-refractivity contribution is -0.149. The summed E-state index contributed by atoms with van der Waals surface area (Å²) in [6.07, 6.45) is 19.2. The van der Waals surface area contributed by atoms with Crippen molar-refractivity contribution < 1.29 is 23.9 Å². The molecular weight excluding hydrogens is 356 g/mol. The molecule has 0 heterocycles. The molecule has 0 radical (unpaired) electrons. The third-order valence-corrected chi connectivity index (χ3v) is 4.49. The molecule has 1 aliphatic rings. The van der Waals surface area contributed by atoms with E-state index >= 15 is 0 Å². The summed E-state index contributed by atoms with van der Waals surface area (Å²) in [7, 11) is 1.37. The van der Waals surface area contributed by atoms with Crippen LogP contribution in [0, 0.1) is 0 Å². The third kappa shape index (κ3) is 8.07. The molecule has 0 bridgehead atoms. The van der Waals surface area contributed by atoms with Gasteiger partial charge in [-0.3, -0.25) is 14.4 Å². The summed E-state index contributed by atoms with van der Waals surface area (Å²) in [6, 6.07) is 0. The molecule has 0 fully saturated rings. The Kier molecular flexibility index (Phi) is 10.8. The van der Waals surface area contributed by atoms with E-state index < -0.39 is 11.6 Å². The smallest absolute Gasteiger partial charge is 0.305 e. The van der Waals surface area contributed by atoms with E-state index in [-0.39, 0.29) is 11.8 Å². The van der Waals surface area contributed by atoms with Crippen LogP contribution in [0.2, 0.25) is 0 Å². The Bertz CT molecular complexity index is 654. The number of carbonyl (C=O) groups excluding carboxylic acids is 3. The summed E-state index contributed by atoms with van der Waals surface area (Å²) in [5, 5.41) is 0. The summed E-state index contributed by atoms with van der Waals surface area (Å²) in [5.74, 6) is -0.812. The molecule has 28 heavy (non-hydrogen) atoms. The Morgan fingerprint density at radius 2 is 1.86 bits per heavy atom. The van der Waals surface area contributed by atoms with Crippen LogP contribution in [0.4, 0.5) is 0 Å². The zero-order valence-electron chi connectivity index (χ0n) is 17.2. The number of unbranched alkanes of at least 4 members (excludes halogenated alkanes) is 4. The number of carbonyl (C=O) groups is 3. The number of rotatable bonds is 12. The monoisotopic (exact) mass is 388 g/mol. The predicted molar refractivity (Wildman–Crippen MR) is 110 cm³/mol. The van der Waals surface area contributed by atoms with Gasteiger partial charge < -0.3 is 9.47 Å². The number of allylic oxidation sites excluding steroid dienone is 5. The highest BCUT2D eigenvalue weighted by molar-refractivity contribution is 6.09. The molecule has 0 aromatic heterocycles. The van der Waals surface area contributed by atoms with Crippen molar-refractivity contribution >= 4 is 17.7 Å². The van der Waals surface area contributed by atoms with E-state index in [9.17, 15) is 14.4 Å². The van der Waals surface area contributed by atoms with Crippen LogP contribution >= 0.6 is 0 Å². The zero-order valence-corrected chi connectivity index (χ0v) is 17.2. The molecule has 0 aromatic carbocycles. The number of hydrogen-bond acceptors (Lipinski definition) is 5. The molecule has 0 N–H and O–H groups in total. The Morgan fingerprint density at radius 1 is 1.11 bits per heavy atom. The Labute approximate surface area is 168 Å². The van der Waals surface area contributed by atoms with Gasteiger partial charge in [0.2, 0.25) is 0 Å². The van der Waals surface area contributed by atoms with Crippen molar-refractivity contribution in [3.8, 4) is 0 Å². The van der Waals surface area contributed by atoms with Gasteiger partial charge in [0.1, 0.15) is 0 Å². The normalized spacial score (nSPS) is 20.5. The second-order valence-electron chi connectivity index (χ2n) is 6.83. The molecule has 0 aliphatic heterocycles. The fourth-order valence-electron chi connectivity index (χ4n) is 3.00. The lowest BCUT2D eigenvalue weighted by atomic mass is 9.91. The average Bonchev–Trinajstić information content (AvgIpc) is 2.96. The van der Waals surface area contributed by atoms with E-state index in [0.717, 1.165) is 12.8 Å². The quantitative estimate of drug-likeness (QED) is 0.208. The highest BCUT2D eigenvalue weighted by atomic mass is 16.6. The molecule has 1 atom stereocenters. The highest BCUT2D eigenvalue weighted by Gasteiger charge is 2.41. The van der Waals surface area contributed by atoms with Crippen molar-refractivity contribution in [2.75, 3.05) is 7.11 Å².